The molecule has 0 N–H and O–H groups in total. The van der Waals surface area contributed by atoms with Gasteiger partial charge in [-0.2, -0.15) is 0 Å². The second-order valence-corrected chi connectivity index (χ2v) is 3.00. The number of nitrogens with zero attached hydrogens (tertiary/aromatic N) is 2. The Hall–Kier alpha value is -1.44. The number of rotatable bonds is 1. The molecule has 1 aromatic carbocycles. The molecule has 0 aromatic heterocycles. The zero-order valence-corrected chi connectivity index (χ0v) is 7.14. The van der Waals surface area contributed by atoms with Crippen molar-refractivity contribution in [2.75, 3.05) is 18.6 Å². The highest BCUT2D eigenvalue weighted by Crippen LogP contribution is 2.16. The van der Waals surface area contributed by atoms with E-state index in [1.165, 1.54) is 5.69 Å². The summed E-state index contributed by atoms with van der Waals surface area (Å²) in [5.74, 6) is 0. The van der Waals surface area contributed by atoms with Gasteiger partial charge in [-0.15, -0.1) is 0 Å². The lowest BCUT2D eigenvalue weighted by Crippen LogP contribution is -2.21. The van der Waals surface area contributed by atoms with Crippen LogP contribution in [0.15, 0.2) is 42.7 Å². The summed E-state index contributed by atoms with van der Waals surface area (Å²) in [5.41, 5.74) is 1.25. The molecule has 12 heavy (non-hydrogen) atoms. The monoisotopic (exact) mass is 160 g/mol. The average molecular weight is 160 g/mol. The molecular formula is C10H12N2. The molecule has 2 heteroatoms. The fraction of sp³-hybridized carbons (Fsp3) is 0.200. The average Bonchev–Trinajstić information content (AvgIpc) is 2.54. The van der Waals surface area contributed by atoms with Gasteiger partial charge >= 0.3 is 0 Å². The molecule has 0 atom stereocenters. The van der Waals surface area contributed by atoms with E-state index in [1.807, 2.05) is 6.07 Å². The summed E-state index contributed by atoms with van der Waals surface area (Å²) < 4.78 is 0. The Morgan fingerprint density at radius 1 is 1.08 bits per heavy atom. The van der Waals surface area contributed by atoms with Crippen LogP contribution in [0, 0.1) is 0 Å². The molecule has 0 radical (unpaired) electrons. The Morgan fingerprint density at radius 3 is 2.42 bits per heavy atom. The maximum absolute atomic E-state index is 2.21. The van der Waals surface area contributed by atoms with Crippen molar-refractivity contribution in [1.82, 2.24) is 4.90 Å². The van der Waals surface area contributed by atoms with Crippen molar-refractivity contribution >= 4 is 5.69 Å². The molecular weight excluding hydrogens is 148 g/mol. The molecule has 0 aliphatic carbocycles. The Morgan fingerprint density at radius 2 is 1.83 bits per heavy atom. The van der Waals surface area contributed by atoms with Crippen molar-refractivity contribution in [3.05, 3.63) is 42.7 Å². The largest absolute Gasteiger partial charge is 0.361 e. The zero-order chi connectivity index (χ0) is 8.39. The number of hydrogen-bond acceptors (Lipinski definition) is 2. The van der Waals surface area contributed by atoms with E-state index < -0.39 is 0 Å². The molecule has 0 saturated heterocycles. The Kier molecular flexibility index (Phi) is 1.74. The standard InChI is InChI=1S/C10H12N2/c1-11-7-8-12(9-11)10-5-3-2-4-6-10/h2-8H,9H2,1H3. The molecule has 0 fully saturated rings. The SMILES string of the molecule is CN1C=CN(c2ccccc2)C1. The second kappa shape index (κ2) is 2.89. The van der Waals surface area contributed by atoms with Crippen LogP contribution in [0.2, 0.25) is 0 Å². The molecule has 1 aromatic rings. The Balaban J connectivity index is 2.18. The first-order valence-corrected chi connectivity index (χ1v) is 4.06. The summed E-state index contributed by atoms with van der Waals surface area (Å²) in [6.07, 6.45) is 4.17. The van der Waals surface area contributed by atoms with Crippen molar-refractivity contribution < 1.29 is 0 Å². The van der Waals surface area contributed by atoms with Crippen LogP contribution in [0.5, 0.6) is 0 Å². The third-order valence-electron chi connectivity index (χ3n) is 1.96. The molecule has 0 unspecified atom stereocenters. The van der Waals surface area contributed by atoms with E-state index in [0.717, 1.165) is 6.67 Å². The lowest BCUT2D eigenvalue weighted by molar-refractivity contribution is 0.496. The summed E-state index contributed by atoms with van der Waals surface area (Å²) in [5, 5.41) is 0. The summed E-state index contributed by atoms with van der Waals surface area (Å²) in [4.78, 5) is 4.35. The van der Waals surface area contributed by atoms with Crippen molar-refractivity contribution in [3.8, 4) is 0 Å². The van der Waals surface area contributed by atoms with Crippen molar-refractivity contribution in [1.29, 1.82) is 0 Å². The van der Waals surface area contributed by atoms with Gasteiger partial charge in [0.15, 0.2) is 0 Å². The topological polar surface area (TPSA) is 6.48 Å². The zero-order valence-electron chi connectivity index (χ0n) is 7.14. The van der Waals surface area contributed by atoms with E-state index >= 15 is 0 Å². The highest BCUT2D eigenvalue weighted by atomic mass is 15.3. The van der Waals surface area contributed by atoms with E-state index in [9.17, 15) is 0 Å². The summed E-state index contributed by atoms with van der Waals surface area (Å²) in [6, 6.07) is 10.4. The van der Waals surface area contributed by atoms with Crippen LogP contribution in [0.4, 0.5) is 5.69 Å². The van der Waals surface area contributed by atoms with Gasteiger partial charge in [-0.25, -0.2) is 0 Å². The Labute approximate surface area is 72.7 Å². The van der Waals surface area contributed by atoms with E-state index in [1.54, 1.807) is 0 Å². The van der Waals surface area contributed by atoms with Crippen LogP contribution in [0.3, 0.4) is 0 Å². The molecule has 1 heterocycles. The van der Waals surface area contributed by atoms with Gasteiger partial charge in [0, 0.05) is 25.1 Å². The van der Waals surface area contributed by atoms with Crippen LogP contribution in [0.25, 0.3) is 0 Å². The van der Waals surface area contributed by atoms with Gasteiger partial charge in [-0.05, 0) is 12.1 Å². The predicted octanol–water partition coefficient (Wildman–Crippen LogP) is 1.87. The quantitative estimate of drug-likeness (QED) is 0.618. The van der Waals surface area contributed by atoms with Crippen LogP contribution < -0.4 is 4.90 Å². The van der Waals surface area contributed by atoms with E-state index in [4.69, 9.17) is 0 Å². The maximum atomic E-state index is 2.21. The van der Waals surface area contributed by atoms with Crippen LogP contribution >= 0.6 is 0 Å². The lowest BCUT2D eigenvalue weighted by atomic mass is 10.3. The maximum Gasteiger partial charge on any atom is 0.0938 e. The predicted molar refractivity (Wildman–Crippen MR) is 50.7 cm³/mol. The van der Waals surface area contributed by atoms with Gasteiger partial charge in [-0.1, -0.05) is 18.2 Å². The lowest BCUT2D eigenvalue weighted by Gasteiger charge is -2.17. The van der Waals surface area contributed by atoms with E-state index in [0.29, 0.717) is 0 Å². The number of hydrogen-bond donors (Lipinski definition) is 0. The first kappa shape index (κ1) is 7.22. The minimum Gasteiger partial charge on any atom is -0.361 e. The Bertz CT molecular complexity index is 279. The minimum absolute atomic E-state index is 0.948. The normalized spacial score (nSPS) is 15.8. The first-order chi connectivity index (χ1) is 5.86. The molecule has 0 spiro atoms. The van der Waals surface area contributed by atoms with Gasteiger partial charge in [0.25, 0.3) is 0 Å². The fourth-order valence-corrected chi connectivity index (χ4v) is 1.32. The smallest absolute Gasteiger partial charge is 0.0938 e. The highest BCUT2D eigenvalue weighted by molar-refractivity contribution is 5.49. The summed E-state index contributed by atoms with van der Waals surface area (Å²) >= 11 is 0. The molecule has 0 bridgehead atoms. The van der Waals surface area contributed by atoms with Gasteiger partial charge in [-0.3, -0.25) is 0 Å². The van der Waals surface area contributed by atoms with Gasteiger partial charge in [0.1, 0.15) is 0 Å². The highest BCUT2D eigenvalue weighted by Gasteiger charge is 2.08. The fourth-order valence-electron chi connectivity index (χ4n) is 1.32. The van der Waals surface area contributed by atoms with Gasteiger partial charge < -0.3 is 9.80 Å². The van der Waals surface area contributed by atoms with Crippen molar-refractivity contribution in [2.45, 2.75) is 0 Å². The molecule has 1 aliphatic heterocycles. The molecule has 2 nitrogen and oxygen atoms in total. The third kappa shape index (κ3) is 1.28. The number of para-hydroxylation sites is 1. The van der Waals surface area contributed by atoms with Gasteiger partial charge in [0.2, 0.25) is 0 Å². The summed E-state index contributed by atoms with van der Waals surface area (Å²) in [6.45, 7) is 0.948. The molecule has 1 aliphatic rings. The van der Waals surface area contributed by atoms with Gasteiger partial charge in [0.05, 0.1) is 6.67 Å². The van der Waals surface area contributed by atoms with E-state index in [2.05, 4.69) is 53.5 Å². The van der Waals surface area contributed by atoms with Crippen LogP contribution in [0.1, 0.15) is 0 Å². The van der Waals surface area contributed by atoms with Crippen molar-refractivity contribution in [2.24, 2.45) is 0 Å². The number of benzene rings is 1. The third-order valence-corrected chi connectivity index (χ3v) is 1.96. The van der Waals surface area contributed by atoms with Crippen molar-refractivity contribution in [3.63, 3.8) is 0 Å². The molecule has 2 rings (SSSR count). The molecule has 62 valence electrons. The minimum atomic E-state index is 0.948. The molecule has 0 saturated carbocycles. The van der Waals surface area contributed by atoms with Crippen LogP contribution in [-0.2, 0) is 0 Å². The summed E-state index contributed by atoms with van der Waals surface area (Å²) in [7, 11) is 2.07. The molecule has 0 amide bonds. The second-order valence-electron chi connectivity index (χ2n) is 3.00. The number of anilines is 1. The first-order valence-electron chi connectivity index (χ1n) is 4.06. The van der Waals surface area contributed by atoms with E-state index in [-0.39, 0.29) is 0 Å². The van der Waals surface area contributed by atoms with Crippen LogP contribution in [-0.4, -0.2) is 18.6 Å².